The van der Waals surface area contributed by atoms with Crippen LogP contribution in [0.2, 0.25) is 0 Å². The molecule has 4 rings (SSSR count). The van der Waals surface area contributed by atoms with Crippen molar-refractivity contribution in [1.29, 1.82) is 0 Å². The van der Waals surface area contributed by atoms with Gasteiger partial charge in [-0.15, -0.1) is 23.7 Å². The summed E-state index contributed by atoms with van der Waals surface area (Å²) in [4.78, 5) is 4.02. The maximum Gasteiger partial charge on any atom is 0.0346 e. The summed E-state index contributed by atoms with van der Waals surface area (Å²) in [5.41, 5.74) is 7.49. The van der Waals surface area contributed by atoms with Gasteiger partial charge in [0.1, 0.15) is 0 Å². The third kappa shape index (κ3) is 3.50. The van der Waals surface area contributed by atoms with Crippen molar-refractivity contribution in [3.05, 3.63) is 71.1 Å². The van der Waals surface area contributed by atoms with E-state index < -0.39 is 0 Å². The Hall–Kier alpha value is -1.39. The van der Waals surface area contributed by atoms with Crippen LogP contribution >= 0.6 is 23.7 Å². The number of benzene rings is 2. The average molecular weight is 359 g/mol. The van der Waals surface area contributed by atoms with Crippen LogP contribution in [0.4, 0.5) is 0 Å². The van der Waals surface area contributed by atoms with Crippen LogP contribution in [0.3, 0.4) is 0 Å². The molecule has 1 aliphatic heterocycles. The number of hydrogen-bond acceptors (Lipinski definition) is 3. The average Bonchev–Trinajstić information content (AvgIpc) is 3.19. The monoisotopic (exact) mass is 358 g/mol. The van der Waals surface area contributed by atoms with Crippen molar-refractivity contribution >= 4 is 33.8 Å². The summed E-state index contributed by atoms with van der Waals surface area (Å²) in [6.07, 6.45) is 0. The lowest BCUT2D eigenvalue weighted by atomic mass is 9.89. The Kier molecular flexibility index (Phi) is 5.57. The van der Waals surface area contributed by atoms with Crippen molar-refractivity contribution in [3.8, 4) is 0 Å². The van der Waals surface area contributed by atoms with Gasteiger partial charge in [-0.2, -0.15) is 0 Å². The number of hydrogen-bond donors (Lipinski definition) is 1. The summed E-state index contributed by atoms with van der Waals surface area (Å²) in [6.45, 7) is 4.02. The summed E-state index contributed by atoms with van der Waals surface area (Å²) in [5.74, 6) is 1.13. The van der Waals surface area contributed by atoms with E-state index in [2.05, 4.69) is 65.6 Å². The Bertz CT molecular complexity index is 753. The smallest absolute Gasteiger partial charge is 0.0346 e. The molecular formula is C20H23ClN2S. The molecule has 0 amide bonds. The van der Waals surface area contributed by atoms with Gasteiger partial charge in [-0.3, -0.25) is 4.90 Å². The fraction of sp³-hybridized carbons (Fsp3) is 0.300. The standard InChI is InChI=1S/C20H22N2S.ClH/c21-11-17-12-22(14-19(17)15-6-2-1-3-7-15)13-18-10-16-8-4-5-9-20(16)23-18;/h1-10,17,19H,11-14,21H2;1H/t17-,19+;/m1./s1. The molecule has 2 N–H and O–H groups in total. The zero-order valence-electron chi connectivity index (χ0n) is 13.6. The Morgan fingerprint density at radius 2 is 1.75 bits per heavy atom. The van der Waals surface area contributed by atoms with Gasteiger partial charge < -0.3 is 5.73 Å². The number of fused-ring (bicyclic) bond motifs is 1. The van der Waals surface area contributed by atoms with Gasteiger partial charge in [0.2, 0.25) is 0 Å². The molecule has 1 aliphatic rings. The van der Waals surface area contributed by atoms with Gasteiger partial charge in [-0.25, -0.2) is 0 Å². The fourth-order valence-electron chi connectivity index (χ4n) is 3.74. The summed E-state index contributed by atoms with van der Waals surface area (Å²) in [7, 11) is 0. The molecule has 0 radical (unpaired) electrons. The predicted molar refractivity (Wildman–Crippen MR) is 106 cm³/mol. The van der Waals surface area contributed by atoms with Crippen LogP contribution in [0, 0.1) is 5.92 Å². The third-order valence-electron chi connectivity index (χ3n) is 4.90. The van der Waals surface area contributed by atoms with Gasteiger partial charge in [-0.1, -0.05) is 48.5 Å². The molecule has 1 aromatic heterocycles. The van der Waals surface area contributed by atoms with E-state index in [4.69, 9.17) is 5.73 Å². The fourth-order valence-corrected chi connectivity index (χ4v) is 4.85. The minimum absolute atomic E-state index is 0. The quantitative estimate of drug-likeness (QED) is 0.744. The summed E-state index contributed by atoms with van der Waals surface area (Å²) in [6, 6.07) is 21.8. The number of nitrogens with zero attached hydrogens (tertiary/aromatic N) is 1. The predicted octanol–water partition coefficient (Wildman–Crippen LogP) is 4.50. The zero-order chi connectivity index (χ0) is 15.6. The molecule has 2 nitrogen and oxygen atoms in total. The van der Waals surface area contributed by atoms with Crippen LogP contribution in [0.1, 0.15) is 16.4 Å². The molecule has 3 aromatic rings. The molecule has 1 saturated heterocycles. The molecule has 0 aliphatic carbocycles. The number of halogens is 1. The Labute approximate surface area is 153 Å². The van der Waals surface area contributed by atoms with Crippen molar-refractivity contribution in [2.75, 3.05) is 19.6 Å². The third-order valence-corrected chi connectivity index (χ3v) is 6.00. The molecule has 2 aromatic carbocycles. The molecule has 24 heavy (non-hydrogen) atoms. The minimum atomic E-state index is 0. The number of thiophene rings is 1. The molecule has 4 heteroatoms. The van der Waals surface area contributed by atoms with Gasteiger partial charge in [0, 0.05) is 35.1 Å². The first-order valence-corrected chi connectivity index (χ1v) is 9.10. The lowest BCUT2D eigenvalue weighted by Gasteiger charge is -2.16. The second-order valence-corrected chi connectivity index (χ2v) is 7.63. The highest BCUT2D eigenvalue weighted by molar-refractivity contribution is 7.19. The number of rotatable bonds is 4. The molecule has 0 bridgehead atoms. The van der Waals surface area contributed by atoms with Crippen LogP contribution in [0.25, 0.3) is 10.1 Å². The second kappa shape index (κ2) is 7.66. The lowest BCUT2D eigenvalue weighted by molar-refractivity contribution is 0.320. The van der Waals surface area contributed by atoms with E-state index in [1.165, 1.54) is 20.5 Å². The van der Waals surface area contributed by atoms with E-state index in [9.17, 15) is 0 Å². The number of nitrogens with two attached hydrogens (primary N) is 1. The summed E-state index contributed by atoms with van der Waals surface area (Å²) in [5, 5.41) is 1.36. The first-order chi connectivity index (χ1) is 11.3. The van der Waals surface area contributed by atoms with Crippen molar-refractivity contribution < 1.29 is 0 Å². The van der Waals surface area contributed by atoms with Crippen molar-refractivity contribution in [2.24, 2.45) is 11.7 Å². The van der Waals surface area contributed by atoms with E-state index in [1.807, 2.05) is 11.3 Å². The summed E-state index contributed by atoms with van der Waals surface area (Å²) < 4.78 is 1.39. The van der Waals surface area contributed by atoms with E-state index in [1.54, 1.807) is 0 Å². The molecule has 0 spiro atoms. The van der Waals surface area contributed by atoms with Crippen LogP contribution in [0.15, 0.2) is 60.7 Å². The first-order valence-electron chi connectivity index (χ1n) is 8.28. The van der Waals surface area contributed by atoms with E-state index >= 15 is 0 Å². The highest BCUT2D eigenvalue weighted by Crippen LogP contribution is 2.34. The highest BCUT2D eigenvalue weighted by atomic mass is 35.5. The SMILES string of the molecule is Cl.NC[C@@H]1CN(Cc2cc3ccccc3s2)C[C@H]1c1ccccc1. The Morgan fingerprint density at radius 1 is 1.00 bits per heavy atom. The molecule has 2 heterocycles. The van der Waals surface area contributed by atoms with Crippen molar-refractivity contribution in [1.82, 2.24) is 4.90 Å². The molecular weight excluding hydrogens is 336 g/mol. The zero-order valence-corrected chi connectivity index (χ0v) is 15.2. The van der Waals surface area contributed by atoms with E-state index in [0.717, 1.165) is 26.2 Å². The first kappa shape index (κ1) is 17.4. The van der Waals surface area contributed by atoms with Crippen LogP contribution in [-0.4, -0.2) is 24.5 Å². The van der Waals surface area contributed by atoms with Crippen LogP contribution in [0.5, 0.6) is 0 Å². The number of likely N-dealkylation sites (tertiary alicyclic amines) is 1. The molecule has 2 atom stereocenters. The molecule has 0 saturated carbocycles. The van der Waals surface area contributed by atoms with Crippen molar-refractivity contribution in [2.45, 2.75) is 12.5 Å². The lowest BCUT2D eigenvalue weighted by Crippen LogP contribution is -2.22. The topological polar surface area (TPSA) is 29.3 Å². The van der Waals surface area contributed by atoms with Gasteiger partial charge in [0.15, 0.2) is 0 Å². The van der Waals surface area contributed by atoms with Gasteiger partial charge in [0.25, 0.3) is 0 Å². The van der Waals surface area contributed by atoms with E-state index in [0.29, 0.717) is 11.8 Å². The highest BCUT2D eigenvalue weighted by Gasteiger charge is 2.32. The van der Waals surface area contributed by atoms with Crippen molar-refractivity contribution in [3.63, 3.8) is 0 Å². The maximum atomic E-state index is 6.05. The van der Waals surface area contributed by atoms with Gasteiger partial charge in [0.05, 0.1) is 0 Å². The second-order valence-electron chi connectivity index (χ2n) is 6.46. The molecule has 0 unspecified atom stereocenters. The maximum absolute atomic E-state index is 6.05. The minimum Gasteiger partial charge on any atom is -0.330 e. The van der Waals surface area contributed by atoms with E-state index in [-0.39, 0.29) is 12.4 Å². The Morgan fingerprint density at radius 3 is 2.50 bits per heavy atom. The van der Waals surface area contributed by atoms with Crippen LogP contribution < -0.4 is 5.73 Å². The normalized spacial score (nSPS) is 21.0. The van der Waals surface area contributed by atoms with Crippen LogP contribution in [-0.2, 0) is 6.54 Å². The Balaban J connectivity index is 0.00000169. The summed E-state index contributed by atoms with van der Waals surface area (Å²) >= 11 is 1.92. The van der Waals surface area contributed by atoms with Gasteiger partial charge >= 0.3 is 0 Å². The van der Waals surface area contributed by atoms with Gasteiger partial charge in [-0.05, 0) is 35.5 Å². The largest absolute Gasteiger partial charge is 0.330 e. The molecule has 1 fully saturated rings. The molecule has 126 valence electrons.